The van der Waals surface area contributed by atoms with E-state index in [2.05, 4.69) is 54.4 Å². The first-order chi connectivity index (χ1) is 10.9. The summed E-state index contributed by atoms with van der Waals surface area (Å²) in [6, 6.07) is 2.56. The second-order valence-corrected chi connectivity index (χ2v) is 6.51. The van der Waals surface area contributed by atoms with Gasteiger partial charge < -0.3 is 14.8 Å². The molecule has 0 aliphatic heterocycles. The number of likely N-dealkylation sites (N-methyl/N-ethyl adjacent to an activating group) is 1. The zero-order chi connectivity index (χ0) is 17.4. The standard InChI is InChI=1S/C17H32ClN5.HI/c1-7-19-17(20-9-10-23(8-2)14(3)4)22(6)13-16-11-15(18)12-21(16)5;/h11-12,14H,7-10,13H2,1-6H3,(H,19,20);1H. The van der Waals surface area contributed by atoms with Crippen LogP contribution in [0, 0.1) is 0 Å². The molecule has 0 atom stereocenters. The fourth-order valence-corrected chi connectivity index (χ4v) is 2.85. The number of aryl methyl sites for hydroxylation is 1. The van der Waals surface area contributed by atoms with Crippen LogP contribution in [0.1, 0.15) is 33.4 Å². The Balaban J connectivity index is 0.00000529. The highest BCUT2D eigenvalue weighted by molar-refractivity contribution is 14.0. The van der Waals surface area contributed by atoms with E-state index in [4.69, 9.17) is 16.6 Å². The van der Waals surface area contributed by atoms with E-state index in [-0.39, 0.29) is 24.0 Å². The van der Waals surface area contributed by atoms with Gasteiger partial charge in [0.25, 0.3) is 0 Å². The average molecular weight is 470 g/mol. The van der Waals surface area contributed by atoms with Crippen LogP contribution >= 0.6 is 35.6 Å². The summed E-state index contributed by atoms with van der Waals surface area (Å²) in [6.45, 7) is 13.2. The first-order valence-electron chi connectivity index (χ1n) is 8.43. The van der Waals surface area contributed by atoms with Crippen molar-refractivity contribution in [2.24, 2.45) is 12.0 Å². The Kier molecular flexibility index (Phi) is 11.7. The first kappa shape index (κ1) is 23.5. The molecule has 7 heteroatoms. The predicted octanol–water partition coefficient (Wildman–Crippen LogP) is 3.42. The van der Waals surface area contributed by atoms with Crippen molar-refractivity contribution in [2.75, 3.05) is 33.2 Å². The summed E-state index contributed by atoms with van der Waals surface area (Å²) in [7, 11) is 4.07. The van der Waals surface area contributed by atoms with Crippen LogP contribution < -0.4 is 5.32 Å². The highest BCUT2D eigenvalue weighted by Crippen LogP contribution is 2.14. The van der Waals surface area contributed by atoms with Crippen molar-refractivity contribution in [1.82, 2.24) is 19.7 Å². The lowest BCUT2D eigenvalue weighted by atomic mass is 10.3. The van der Waals surface area contributed by atoms with Crippen molar-refractivity contribution >= 4 is 41.5 Å². The second-order valence-electron chi connectivity index (χ2n) is 6.07. The van der Waals surface area contributed by atoms with Gasteiger partial charge in [-0.25, -0.2) is 0 Å². The van der Waals surface area contributed by atoms with Gasteiger partial charge in [0.2, 0.25) is 0 Å². The molecule has 0 saturated carbocycles. The average Bonchev–Trinajstić information content (AvgIpc) is 2.79. The normalized spacial score (nSPS) is 11.8. The van der Waals surface area contributed by atoms with Gasteiger partial charge >= 0.3 is 0 Å². The molecule has 1 rings (SSSR count). The molecule has 0 unspecified atom stereocenters. The summed E-state index contributed by atoms with van der Waals surface area (Å²) >= 11 is 6.06. The summed E-state index contributed by atoms with van der Waals surface area (Å²) < 4.78 is 2.06. The lowest BCUT2D eigenvalue weighted by Gasteiger charge is -2.25. The maximum atomic E-state index is 6.06. The Hall–Kier alpha value is -0.470. The Bertz CT molecular complexity index is 501. The number of aliphatic imine (C=N–C) groups is 1. The number of hydrogen-bond donors (Lipinski definition) is 1. The quantitative estimate of drug-likeness (QED) is 0.360. The highest BCUT2D eigenvalue weighted by Gasteiger charge is 2.10. The third-order valence-electron chi connectivity index (χ3n) is 3.96. The van der Waals surface area contributed by atoms with E-state index in [0.29, 0.717) is 6.04 Å². The highest BCUT2D eigenvalue weighted by atomic mass is 127. The molecule has 0 spiro atoms. The number of aromatic nitrogens is 1. The fraction of sp³-hybridized carbons (Fsp3) is 0.706. The molecule has 0 aromatic carbocycles. The monoisotopic (exact) mass is 469 g/mol. The molecule has 140 valence electrons. The lowest BCUT2D eigenvalue weighted by Crippen LogP contribution is -2.40. The van der Waals surface area contributed by atoms with E-state index in [9.17, 15) is 0 Å². The maximum absolute atomic E-state index is 6.06. The van der Waals surface area contributed by atoms with Crippen molar-refractivity contribution in [3.05, 3.63) is 23.0 Å². The molecule has 1 heterocycles. The molecule has 0 aliphatic rings. The second kappa shape index (κ2) is 12.0. The Morgan fingerprint density at radius 3 is 2.50 bits per heavy atom. The largest absolute Gasteiger partial charge is 0.357 e. The van der Waals surface area contributed by atoms with Crippen molar-refractivity contribution < 1.29 is 0 Å². The van der Waals surface area contributed by atoms with E-state index in [1.807, 2.05) is 19.3 Å². The third-order valence-corrected chi connectivity index (χ3v) is 4.16. The lowest BCUT2D eigenvalue weighted by molar-refractivity contribution is 0.240. The van der Waals surface area contributed by atoms with Crippen LogP contribution in [-0.4, -0.2) is 59.6 Å². The van der Waals surface area contributed by atoms with Crippen LogP contribution in [0.4, 0.5) is 0 Å². The van der Waals surface area contributed by atoms with Gasteiger partial charge in [-0.3, -0.25) is 9.89 Å². The molecule has 5 nitrogen and oxygen atoms in total. The number of nitrogens with one attached hydrogen (secondary N) is 1. The minimum absolute atomic E-state index is 0. The number of guanidine groups is 1. The van der Waals surface area contributed by atoms with E-state index in [1.165, 1.54) is 5.69 Å². The molecular weight excluding hydrogens is 437 g/mol. The van der Waals surface area contributed by atoms with Crippen LogP contribution in [0.2, 0.25) is 5.02 Å². The summed E-state index contributed by atoms with van der Waals surface area (Å²) in [4.78, 5) is 9.32. The SMILES string of the molecule is CCNC(=NCCN(CC)C(C)C)N(C)Cc1cc(Cl)cn1C.I. The molecule has 0 aliphatic carbocycles. The minimum Gasteiger partial charge on any atom is -0.357 e. The smallest absolute Gasteiger partial charge is 0.194 e. The predicted molar refractivity (Wildman–Crippen MR) is 116 cm³/mol. The van der Waals surface area contributed by atoms with E-state index in [1.54, 1.807) is 0 Å². The van der Waals surface area contributed by atoms with Crippen LogP contribution in [0.3, 0.4) is 0 Å². The zero-order valence-corrected chi connectivity index (χ0v) is 18.9. The molecule has 24 heavy (non-hydrogen) atoms. The number of nitrogens with zero attached hydrogens (tertiary/aromatic N) is 4. The van der Waals surface area contributed by atoms with Gasteiger partial charge in [-0.1, -0.05) is 18.5 Å². The Labute approximate surface area is 169 Å². The van der Waals surface area contributed by atoms with Crippen molar-refractivity contribution in [3.8, 4) is 0 Å². The Morgan fingerprint density at radius 2 is 2.04 bits per heavy atom. The van der Waals surface area contributed by atoms with Gasteiger partial charge in [0.05, 0.1) is 18.1 Å². The third kappa shape index (κ3) is 7.61. The number of hydrogen-bond acceptors (Lipinski definition) is 2. The molecule has 0 fully saturated rings. The molecule has 0 bridgehead atoms. The zero-order valence-electron chi connectivity index (χ0n) is 15.8. The minimum atomic E-state index is 0. The molecular formula is C17H33ClIN5. The summed E-state index contributed by atoms with van der Waals surface area (Å²) in [5.74, 6) is 0.935. The van der Waals surface area contributed by atoms with Crippen LogP contribution in [-0.2, 0) is 13.6 Å². The fourth-order valence-electron chi connectivity index (χ4n) is 2.58. The van der Waals surface area contributed by atoms with E-state index >= 15 is 0 Å². The van der Waals surface area contributed by atoms with Gasteiger partial charge in [0.15, 0.2) is 5.96 Å². The summed E-state index contributed by atoms with van der Waals surface area (Å²) in [5.41, 5.74) is 1.17. The van der Waals surface area contributed by atoms with Crippen molar-refractivity contribution in [2.45, 2.75) is 40.3 Å². The summed E-state index contributed by atoms with van der Waals surface area (Å²) in [5, 5.41) is 4.14. The maximum Gasteiger partial charge on any atom is 0.194 e. The molecule has 1 N–H and O–H groups in total. The topological polar surface area (TPSA) is 35.8 Å². The van der Waals surface area contributed by atoms with E-state index in [0.717, 1.165) is 43.7 Å². The molecule has 0 saturated heterocycles. The molecule has 1 aromatic heterocycles. The van der Waals surface area contributed by atoms with Gasteiger partial charge in [-0.05, 0) is 33.4 Å². The molecule has 1 aromatic rings. The number of halogens is 2. The van der Waals surface area contributed by atoms with Gasteiger partial charge in [0.1, 0.15) is 0 Å². The van der Waals surface area contributed by atoms with Gasteiger partial charge in [-0.2, -0.15) is 0 Å². The van der Waals surface area contributed by atoms with Gasteiger partial charge in [-0.15, -0.1) is 24.0 Å². The Morgan fingerprint density at radius 1 is 1.38 bits per heavy atom. The van der Waals surface area contributed by atoms with Crippen LogP contribution in [0.5, 0.6) is 0 Å². The van der Waals surface area contributed by atoms with Crippen molar-refractivity contribution in [1.29, 1.82) is 0 Å². The molecule has 0 amide bonds. The van der Waals surface area contributed by atoms with Gasteiger partial charge in [0, 0.05) is 45.1 Å². The summed E-state index contributed by atoms with van der Waals surface area (Å²) in [6.07, 6.45) is 1.93. The van der Waals surface area contributed by atoms with E-state index < -0.39 is 0 Å². The van der Waals surface area contributed by atoms with Crippen molar-refractivity contribution in [3.63, 3.8) is 0 Å². The van der Waals surface area contributed by atoms with Crippen LogP contribution in [0.15, 0.2) is 17.3 Å². The number of rotatable bonds is 8. The first-order valence-corrected chi connectivity index (χ1v) is 8.81. The molecule has 0 radical (unpaired) electrons. The van der Waals surface area contributed by atoms with Crippen LogP contribution in [0.25, 0.3) is 0 Å².